The van der Waals surface area contributed by atoms with Crippen molar-refractivity contribution in [3.8, 4) is 0 Å². The molecule has 0 radical (unpaired) electrons. The van der Waals surface area contributed by atoms with Crippen molar-refractivity contribution in [1.82, 2.24) is 20.4 Å². The number of amides is 4. The summed E-state index contributed by atoms with van der Waals surface area (Å²) in [5.74, 6) is -0.129. The fourth-order valence-electron chi connectivity index (χ4n) is 3.79. The molecule has 2 rings (SSSR count). The molecule has 0 aromatic rings. The Balaban J connectivity index is 1.93. The number of urea groups is 1. The lowest BCUT2D eigenvalue weighted by atomic mass is 10.0. The molecule has 0 saturated carbocycles. The molecule has 1 unspecified atom stereocenters. The minimum Gasteiger partial charge on any atom is -0.391 e. The van der Waals surface area contributed by atoms with E-state index in [1.807, 2.05) is 22.6 Å². The maximum absolute atomic E-state index is 13.1. The molecule has 9 nitrogen and oxygen atoms in total. The van der Waals surface area contributed by atoms with Gasteiger partial charge in [-0.05, 0) is 25.2 Å². The molecule has 164 valence electrons. The number of likely N-dealkylation sites (tertiary alicyclic amines) is 2. The summed E-state index contributed by atoms with van der Waals surface area (Å²) in [5.41, 5.74) is 0. The second-order valence-corrected chi connectivity index (χ2v) is 8.79. The monoisotopic (exact) mass is 522 g/mol. The highest BCUT2D eigenvalue weighted by atomic mass is 127. The van der Waals surface area contributed by atoms with Crippen LogP contribution in [0.15, 0.2) is 0 Å². The summed E-state index contributed by atoms with van der Waals surface area (Å²) in [4.78, 5) is 52.5. The molecule has 29 heavy (non-hydrogen) atoms. The molecule has 10 heteroatoms. The molecule has 4 amide bonds. The van der Waals surface area contributed by atoms with Gasteiger partial charge < -0.3 is 25.5 Å². The zero-order valence-electron chi connectivity index (χ0n) is 17.0. The number of carbonyl (C=O) groups is 4. The third-order valence-corrected chi connectivity index (χ3v) is 5.98. The van der Waals surface area contributed by atoms with Gasteiger partial charge in [-0.25, -0.2) is 4.79 Å². The van der Waals surface area contributed by atoms with Gasteiger partial charge in [0, 0.05) is 26.1 Å². The van der Waals surface area contributed by atoms with Crippen molar-refractivity contribution in [3.63, 3.8) is 0 Å². The van der Waals surface area contributed by atoms with Crippen LogP contribution in [-0.2, 0) is 14.4 Å². The van der Waals surface area contributed by atoms with Crippen LogP contribution in [0.2, 0.25) is 0 Å². The zero-order chi connectivity index (χ0) is 21.6. The molecule has 0 spiro atoms. The molecule has 2 aliphatic heterocycles. The quantitative estimate of drug-likeness (QED) is 0.313. The van der Waals surface area contributed by atoms with Gasteiger partial charge in [0.1, 0.15) is 0 Å². The van der Waals surface area contributed by atoms with Crippen LogP contribution in [0.4, 0.5) is 4.79 Å². The molecule has 0 aliphatic carbocycles. The van der Waals surface area contributed by atoms with Crippen molar-refractivity contribution in [2.75, 3.05) is 30.6 Å². The molecule has 2 fully saturated rings. The Bertz CT molecular complexity index is 630. The van der Waals surface area contributed by atoms with E-state index in [0.29, 0.717) is 29.9 Å². The molecule has 2 saturated heterocycles. The fraction of sp³-hybridized carbons (Fsp3) is 0.789. The number of aliphatic hydroxyl groups is 1. The lowest BCUT2D eigenvalue weighted by molar-refractivity contribution is -0.137. The average molecular weight is 522 g/mol. The van der Waals surface area contributed by atoms with Crippen molar-refractivity contribution >= 4 is 46.2 Å². The number of carbonyl (C=O) groups excluding carboxylic acids is 4. The zero-order valence-corrected chi connectivity index (χ0v) is 19.2. The second-order valence-electron chi connectivity index (χ2n) is 8.03. The van der Waals surface area contributed by atoms with E-state index in [9.17, 15) is 24.3 Å². The molecule has 3 N–H and O–H groups in total. The maximum atomic E-state index is 13.1. The van der Waals surface area contributed by atoms with Crippen molar-refractivity contribution in [3.05, 3.63) is 0 Å². The van der Waals surface area contributed by atoms with Gasteiger partial charge in [-0.15, -0.1) is 0 Å². The van der Waals surface area contributed by atoms with Gasteiger partial charge in [0.05, 0.1) is 29.2 Å². The number of ketones is 1. The normalized spacial score (nSPS) is 24.1. The van der Waals surface area contributed by atoms with Gasteiger partial charge in [-0.3, -0.25) is 14.4 Å². The van der Waals surface area contributed by atoms with Gasteiger partial charge in [-0.2, -0.15) is 0 Å². The smallest absolute Gasteiger partial charge is 0.318 e. The number of hydrogen-bond donors (Lipinski definition) is 3. The number of nitrogens with one attached hydrogen (secondary N) is 2. The number of β-amino-alcohol motifs (C(OH)–C–C–N with tert-alkyl or cyclic N) is 1. The molecular formula is C19H31IN4O5. The number of halogens is 1. The molecule has 0 aromatic heterocycles. The lowest BCUT2D eigenvalue weighted by Gasteiger charge is -2.29. The minimum absolute atomic E-state index is 0.0319. The van der Waals surface area contributed by atoms with E-state index in [1.165, 1.54) is 4.90 Å². The first-order chi connectivity index (χ1) is 13.7. The summed E-state index contributed by atoms with van der Waals surface area (Å²) in [6.07, 6.45) is 1.51. The Labute approximate surface area is 185 Å². The van der Waals surface area contributed by atoms with Crippen LogP contribution < -0.4 is 10.6 Å². The number of Topliss-reactive ketones (excluding diaryl/α,β-unsaturated/α-hetero) is 1. The highest BCUT2D eigenvalue weighted by Crippen LogP contribution is 2.26. The predicted octanol–water partition coefficient (Wildman–Crippen LogP) is 0.289. The van der Waals surface area contributed by atoms with Crippen LogP contribution in [-0.4, -0.2) is 87.3 Å². The number of rotatable bonds is 8. The van der Waals surface area contributed by atoms with E-state index in [-0.39, 0.29) is 37.1 Å². The SMILES string of the molecule is CC(C)CCNC(=O)CNC(=O)N1C[C@@H](O)CC1C(=O)[C@@H]1CCCN1C(=O)CI. The Morgan fingerprint density at radius 3 is 2.52 bits per heavy atom. The van der Waals surface area contributed by atoms with Gasteiger partial charge in [-0.1, -0.05) is 36.4 Å². The number of alkyl halides is 1. The van der Waals surface area contributed by atoms with Crippen LogP contribution >= 0.6 is 22.6 Å². The summed E-state index contributed by atoms with van der Waals surface area (Å²) in [6, 6.07) is -1.90. The van der Waals surface area contributed by atoms with Gasteiger partial charge in [0.2, 0.25) is 11.8 Å². The van der Waals surface area contributed by atoms with Crippen LogP contribution in [0.5, 0.6) is 0 Å². The van der Waals surface area contributed by atoms with Crippen molar-refractivity contribution in [2.24, 2.45) is 5.92 Å². The second kappa shape index (κ2) is 11.1. The standard InChI is InChI=1S/C19H31IN4O5/c1-12(2)5-6-21-16(26)10-22-19(29)24-11-13(25)8-15(24)18(28)14-4-3-7-23(14)17(27)9-20/h12-15,25H,3-11H2,1-2H3,(H,21,26)(H,22,29)/t13-,14-,15?/m0/s1. The number of hydrogen-bond acceptors (Lipinski definition) is 5. The Hall–Kier alpha value is -1.43. The van der Waals surface area contributed by atoms with Crippen molar-refractivity contribution in [2.45, 2.75) is 57.7 Å². The first-order valence-electron chi connectivity index (χ1n) is 10.1. The third-order valence-electron chi connectivity index (χ3n) is 5.33. The minimum atomic E-state index is -0.801. The topological polar surface area (TPSA) is 119 Å². The van der Waals surface area contributed by atoms with E-state index < -0.39 is 24.2 Å². The molecule has 0 bridgehead atoms. The highest BCUT2D eigenvalue weighted by molar-refractivity contribution is 14.1. The van der Waals surface area contributed by atoms with Crippen molar-refractivity contribution < 1.29 is 24.3 Å². The lowest BCUT2D eigenvalue weighted by Crippen LogP contribution is -2.53. The van der Waals surface area contributed by atoms with Crippen molar-refractivity contribution in [1.29, 1.82) is 0 Å². The number of nitrogens with zero attached hydrogens (tertiary/aromatic N) is 2. The van der Waals surface area contributed by atoms with Crippen LogP contribution in [0.3, 0.4) is 0 Å². The van der Waals surface area contributed by atoms with Gasteiger partial charge >= 0.3 is 6.03 Å². The van der Waals surface area contributed by atoms with E-state index in [4.69, 9.17) is 0 Å². The van der Waals surface area contributed by atoms with Gasteiger partial charge in [0.25, 0.3) is 0 Å². The largest absolute Gasteiger partial charge is 0.391 e. The molecule has 2 heterocycles. The summed E-state index contributed by atoms with van der Waals surface area (Å²) in [7, 11) is 0. The maximum Gasteiger partial charge on any atom is 0.318 e. The summed E-state index contributed by atoms with van der Waals surface area (Å²) < 4.78 is 0.297. The van der Waals surface area contributed by atoms with Crippen LogP contribution in [0.1, 0.15) is 39.5 Å². The van der Waals surface area contributed by atoms with Crippen LogP contribution in [0, 0.1) is 5.92 Å². The summed E-state index contributed by atoms with van der Waals surface area (Å²) >= 11 is 1.98. The first-order valence-corrected chi connectivity index (χ1v) is 11.7. The predicted molar refractivity (Wildman–Crippen MR) is 116 cm³/mol. The van der Waals surface area contributed by atoms with E-state index in [2.05, 4.69) is 24.5 Å². The number of aliphatic hydroxyl groups excluding tert-OH is 1. The first kappa shape index (κ1) is 23.8. The summed E-state index contributed by atoms with van der Waals surface area (Å²) in [6.45, 7) is 5.04. The van der Waals surface area contributed by atoms with Gasteiger partial charge in [0.15, 0.2) is 5.78 Å². The van der Waals surface area contributed by atoms with E-state index in [0.717, 1.165) is 12.8 Å². The Kier molecular flexibility index (Phi) is 9.12. The molecular weight excluding hydrogens is 491 g/mol. The average Bonchev–Trinajstić information content (AvgIpc) is 3.31. The van der Waals surface area contributed by atoms with E-state index in [1.54, 1.807) is 4.90 Å². The molecule has 3 atom stereocenters. The fourth-order valence-corrected chi connectivity index (χ4v) is 4.23. The summed E-state index contributed by atoms with van der Waals surface area (Å²) in [5, 5.41) is 15.3. The molecule has 2 aliphatic rings. The van der Waals surface area contributed by atoms with Crippen LogP contribution in [0.25, 0.3) is 0 Å². The molecule has 0 aromatic carbocycles. The Morgan fingerprint density at radius 1 is 1.14 bits per heavy atom. The third kappa shape index (κ3) is 6.53. The Morgan fingerprint density at radius 2 is 1.86 bits per heavy atom. The van der Waals surface area contributed by atoms with E-state index >= 15 is 0 Å². The highest BCUT2D eigenvalue weighted by Gasteiger charge is 2.44.